The number of nitrogens with zero attached hydrogens (tertiary/aromatic N) is 3. The number of aromatic amines is 1. The molecule has 0 aliphatic rings. The molecule has 0 saturated carbocycles. The fraction of sp³-hybridized carbons (Fsp3) is 0.143. The second kappa shape index (κ2) is 9.85. The van der Waals surface area contributed by atoms with Gasteiger partial charge in [0.15, 0.2) is 5.69 Å². The lowest BCUT2D eigenvalue weighted by molar-refractivity contribution is -0.192. The van der Waals surface area contributed by atoms with Crippen molar-refractivity contribution in [3.63, 3.8) is 0 Å². The van der Waals surface area contributed by atoms with Crippen molar-refractivity contribution in [1.82, 2.24) is 25.1 Å². The zero-order valence-corrected chi connectivity index (χ0v) is 17.1. The number of pyridine rings is 1. The molecule has 0 saturated heterocycles. The average molecular weight is 461 g/mol. The van der Waals surface area contributed by atoms with E-state index in [0.717, 1.165) is 28.0 Å². The topological polar surface area (TPSA) is 122 Å². The van der Waals surface area contributed by atoms with Crippen LogP contribution in [0.4, 0.5) is 13.2 Å². The number of amides is 1. The number of benzene rings is 1. The first-order valence-corrected chi connectivity index (χ1v) is 9.38. The van der Waals surface area contributed by atoms with Crippen LogP contribution in [-0.2, 0) is 11.3 Å². The van der Waals surface area contributed by atoms with Crippen molar-refractivity contribution in [3.05, 3.63) is 72.3 Å². The van der Waals surface area contributed by atoms with Gasteiger partial charge in [-0.15, -0.1) is 0 Å². The molecule has 4 aromatic rings. The van der Waals surface area contributed by atoms with Crippen molar-refractivity contribution in [3.8, 4) is 16.9 Å². The molecule has 9 nitrogen and oxygen atoms in total. The zero-order valence-electron chi connectivity index (χ0n) is 17.1. The maximum atomic E-state index is 12.5. The standard InChI is InChI=1S/C19H17N5O2.C2HF3O2/c1-26-15-5-2-4-13(8-15)10-20-19(25)17-9-18-16(14-11-21-22-12-14)6-3-7-24(18)23-17;3-2(4,5)1(6)7/h2-9,11-12H,10H2,1H3,(H,20,25)(H,21,22);(H,6,7). The van der Waals surface area contributed by atoms with E-state index in [4.69, 9.17) is 14.6 Å². The quantitative estimate of drug-likeness (QED) is 0.419. The zero-order chi connectivity index (χ0) is 24.0. The highest BCUT2D eigenvalue weighted by Gasteiger charge is 2.38. The molecule has 0 spiro atoms. The minimum absolute atomic E-state index is 0.227. The van der Waals surface area contributed by atoms with Gasteiger partial charge in [0.1, 0.15) is 5.75 Å². The number of carboxylic acid groups (broad SMARTS) is 1. The van der Waals surface area contributed by atoms with Gasteiger partial charge in [-0.2, -0.15) is 23.4 Å². The summed E-state index contributed by atoms with van der Waals surface area (Å²) >= 11 is 0. The van der Waals surface area contributed by atoms with Gasteiger partial charge in [-0.1, -0.05) is 18.2 Å². The van der Waals surface area contributed by atoms with E-state index in [9.17, 15) is 18.0 Å². The lowest BCUT2D eigenvalue weighted by Gasteiger charge is -2.05. The maximum Gasteiger partial charge on any atom is 0.490 e. The molecule has 0 aliphatic carbocycles. The van der Waals surface area contributed by atoms with E-state index in [1.807, 2.05) is 48.8 Å². The van der Waals surface area contributed by atoms with Gasteiger partial charge in [0.2, 0.25) is 0 Å². The summed E-state index contributed by atoms with van der Waals surface area (Å²) in [4.78, 5) is 21.4. The molecule has 12 heteroatoms. The number of aliphatic carboxylic acids is 1. The van der Waals surface area contributed by atoms with E-state index in [2.05, 4.69) is 20.6 Å². The summed E-state index contributed by atoms with van der Waals surface area (Å²) in [7, 11) is 1.62. The molecule has 33 heavy (non-hydrogen) atoms. The van der Waals surface area contributed by atoms with Gasteiger partial charge in [0.05, 0.1) is 18.8 Å². The number of fused-ring (bicyclic) bond motifs is 1. The summed E-state index contributed by atoms with van der Waals surface area (Å²) in [5.41, 5.74) is 4.07. The Morgan fingerprint density at radius 3 is 2.61 bits per heavy atom. The number of carbonyl (C=O) groups is 2. The third-order valence-corrected chi connectivity index (χ3v) is 4.37. The van der Waals surface area contributed by atoms with Gasteiger partial charge in [-0.05, 0) is 29.8 Å². The SMILES string of the molecule is COc1cccc(CNC(=O)c2cc3c(-c4cn[nH]c4)cccn3n2)c1.O=C(O)C(F)(F)F. The number of hydrogen-bond donors (Lipinski definition) is 3. The number of methoxy groups -OCH3 is 1. The second-order valence-corrected chi connectivity index (χ2v) is 6.61. The van der Waals surface area contributed by atoms with Crippen LogP contribution in [0.1, 0.15) is 16.1 Å². The van der Waals surface area contributed by atoms with Crippen LogP contribution in [0.25, 0.3) is 16.6 Å². The highest BCUT2D eigenvalue weighted by molar-refractivity contribution is 5.95. The summed E-state index contributed by atoms with van der Waals surface area (Å²) in [6.45, 7) is 0.401. The van der Waals surface area contributed by atoms with Crippen LogP contribution in [-0.4, -0.2) is 50.1 Å². The van der Waals surface area contributed by atoms with Crippen LogP contribution in [0.3, 0.4) is 0 Å². The second-order valence-electron chi connectivity index (χ2n) is 6.61. The molecule has 3 aromatic heterocycles. The number of H-pyrrole nitrogens is 1. The molecule has 0 aliphatic heterocycles. The average Bonchev–Trinajstić information content (AvgIpc) is 3.47. The Labute approximate surface area is 184 Å². The van der Waals surface area contributed by atoms with Gasteiger partial charge in [0.25, 0.3) is 5.91 Å². The normalized spacial score (nSPS) is 10.9. The molecule has 0 unspecified atom stereocenters. The molecule has 0 atom stereocenters. The van der Waals surface area contributed by atoms with Crippen molar-refractivity contribution < 1.29 is 32.6 Å². The first-order valence-electron chi connectivity index (χ1n) is 9.38. The minimum atomic E-state index is -5.08. The largest absolute Gasteiger partial charge is 0.497 e. The monoisotopic (exact) mass is 461 g/mol. The number of carboxylic acids is 1. The van der Waals surface area contributed by atoms with Crippen molar-refractivity contribution in [2.24, 2.45) is 0 Å². The molecule has 172 valence electrons. The molecule has 3 heterocycles. The summed E-state index contributed by atoms with van der Waals surface area (Å²) in [6, 6.07) is 13.2. The molecule has 1 aromatic carbocycles. The molecule has 0 fully saturated rings. The van der Waals surface area contributed by atoms with Crippen LogP contribution >= 0.6 is 0 Å². The smallest absolute Gasteiger partial charge is 0.490 e. The lowest BCUT2D eigenvalue weighted by atomic mass is 10.1. The van der Waals surface area contributed by atoms with E-state index < -0.39 is 12.1 Å². The Kier molecular flexibility index (Phi) is 6.96. The van der Waals surface area contributed by atoms with E-state index >= 15 is 0 Å². The molecule has 3 N–H and O–H groups in total. The Bertz CT molecular complexity index is 1250. The molecule has 0 bridgehead atoms. The van der Waals surface area contributed by atoms with Crippen LogP contribution in [0.15, 0.2) is 61.1 Å². The van der Waals surface area contributed by atoms with Gasteiger partial charge in [0, 0.05) is 30.1 Å². The summed E-state index contributed by atoms with van der Waals surface area (Å²) in [5.74, 6) is -2.23. The third kappa shape index (κ3) is 5.87. The number of halogens is 3. The Morgan fingerprint density at radius 2 is 1.97 bits per heavy atom. The van der Waals surface area contributed by atoms with Crippen LogP contribution in [0.5, 0.6) is 5.75 Å². The van der Waals surface area contributed by atoms with E-state index in [1.165, 1.54) is 0 Å². The third-order valence-electron chi connectivity index (χ3n) is 4.37. The predicted octanol–water partition coefficient (Wildman–Crippen LogP) is 3.30. The van der Waals surface area contributed by atoms with Crippen LogP contribution in [0.2, 0.25) is 0 Å². The number of hydrogen-bond acceptors (Lipinski definition) is 5. The molecular weight excluding hydrogens is 443 g/mol. The van der Waals surface area contributed by atoms with Crippen molar-refractivity contribution in [2.75, 3.05) is 7.11 Å². The Balaban J connectivity index is 0.000000383. The first kappa shape index (κ1) is 23.3. The number of rotatable bonds is 5. The molecular formula is C21H18F3N5O4. The molecule has 4 rings (SSSR count). The van der Waals surface area contributed by atoms with Crippen LogP contribution < -0.4 is 10.1 Å². The highest BCUT2D eigenvalue weighted by atomic mass is 19.4. The highest BCUT2D eigenvalue weighted by Crippen LogP contribution is 2.24. The number of carbonyl (C=O) groups excluding carboxylic acids is 1. The predicted molar refractivity (Wildman–Crippen MR) is 111 cm³/mol. The van der Waals surface area contributed by atoms with Crippen molar-refractivity contribution in [2.45, 2.75) is 12.7 Å². The van der Waals surface area contributed by atoms with Gasteiger partial charge >= 0.3 is 12.1 Å². The first-order chi connectivity index (χ1) is 15.7. The number of nitrogens with one attached hydrogen (secondary N) is 2. The summed E-state index contributed by atoms with van der Waals surface area (Å²) in [5, 5.41) is 21.2. The summed E-state index contributed by atoms with van der Waals surface area (Å²) < 4.78 is 38.6. The molecule has 0 radical (unpaired) electrons. The fourth-order valence-corrected chi connectivity index (χ4v) is 2.82. The van der Waals surface area contributed by atoms with E-state index in [1.54, 1.807) is 23.9 Å². The van der Waals surface area contributed by atoms with Gasteiger partial charge in [-0.25, -0.2) is 9.31 Å². The van der Waals surface area contributed by atoms with Gasteiger partial charge < -0.3 is 15.2 Å². The van der Waals surface area contributed by atoms with Crippen LogP contribution in [0, 0.1) is 0 Å². The Morgan fingerprint density at radius 1 is 1.21 bits per heavy atom. The molecule has 1 amide bonds. The minimum Gasteiger partial charge on any atom is -0.497 e. The van der Waals surface area contributed by atoms with E-state index in [0.29, 0.717) is 12.2 Å². The number of aromatic nitrogens is 4. The van der Waals surface area contributed by atoms with Crippen molar-refractivity contribution in [1.29, 1.82) is 0 Å². The number of ether oxygens (including phenoxy) is 1. The van der Waals surface area contributed by atoms with E-state index in [-0.39, 0.29) is 5.91 Å². The fourth-order valence-electron chi connectivity index (χ4n) is 2.82. The summed E-state index contributed by atoms with van der Waals surface area (Å²) in [6.07, 6.45) is 0.285. The Hall–Kier alpha value is -4.35. The lowest BCUT2D eigenvalue weighted by Crippen LogP contribution is -2.23. The van der Waals surface area contributed by atoms with Gasteiger partial charge in [-0.3, -0.25) is 9.89 Å². The number of alkyl halides is 3. The maximum absolute atomic E-state index is 12.5. The van der Waals surface area contributed by atoms with Crippen molar-refractivity contribution >= 4 is 17.4 Å².